The summed E-state index contributed by atoms with van der Waals surface area (Å²) in [5, 5.41) is 0. The molecule has 1 heterocycles. The Morgan fingerprint density at radius 3 is 2.70 bits per heavy atom. The van der Waals surface area contributed by atoms with Crippen molar-refractivity contribution in [2.24, 2.45) is 0 Å². The molecule has 2 rings (SSSR count). The normalized spacial score (nSPS) is 11.3. The summed E-state index contributed by atoms with van der Waals surface area (Å²) in [6, 6.07) is 9.91. The number of hydrogen-bond donors (Lipinski definition) is 1. The predicted molar refractivity (Wildman–Crippen MR) is 83.4 cm³/mol. The summed E-state index contributed by atoms with van der Waals surface area (Å²) in [5.41, 5.74) is 5.54. The number of rotatable bonds is 6. The molecule has 0 aliphatic heterocycles. The zero-order chi connectivity index (χ0) is 16.7. The van der Waals surface area contributed by atoms with Crippen LogP contribution in [0.3, 0.4) is 0 Å². The molecule has 0 amide bonds. The third-order valence-electron chi connectivity index (χ3n) is 3.12. The predicted octanol–water partition coefficient (Wildman–Crippen LogP) is 1.93. The molecule has 1 aromatic heterocycles. The number of esters is 1. The highest BCUT2D eigenvalue weighted by Crippen LogP contribution is 2.08. The van der Waals surface area contributed by atoms with Crippen LogP contribution in [-0.4, -0.2) is 22.1 Å². The van der Waals surface area contributed by atoms with E-state index in [0.717, 1.165) is 0 Å². The second kappa shape index (κ2) is 7.88. The largest absolute Gasteiger partial charge is 0.457 e. The number of carbonyl (C=O) groups is 1. The average molecular weight is 317 g/mol. The Morgan fingerprint density at radius 1 is 1.30 bits per heavy atom. The second-order valence-electron chi connectivity index (χ2n) is 4.79. The molecule has 0 saturated carbocycles. The zero-order valence-corrected chi connectivity index (χ0v) is 12.3. The van der Waals surface area contributed by atoms with Gasteiger partial charge in [0.05, 0.1) is 11.9 Å². The van der Waals surface area contributed by atoms with E-state index in [0.29, 0.717) is 11.9 Å². The monoisotopic (exact) mass is 317 g/mol. The molecule has 23 heavy (non-hydrogen) atoms. The molecule has 0 saturated heterocycles. The van der Waals surface area contributed by atoms with Gasteiger partial charge in [-0.05, 0) is 30.2 Å². The summed E-state index contributed by atoms with van der Waals surface area (Å²) >= 11 is 0. The van der Waals surface area contributed by atoms with E-state index in [2.05, 4.69) is 4.98 Å². The fraction of sp³-hybridized carbons (Fsp3) is 0.188. The highest BCUT2D eigenvalue weighted by atomic mass is 19.1. The summed E-state index contributed by atoms with van der Waals surface area (Å²) in [4.78, 5) is 26.9. The third-order valence-corrected chi connectivity index (χ3v) is 3.12. The second-order valence-corrected chi connectivity index (χ2v) is 4.79. The Hall–Kier alpha value is -2.96. The van der Waals surface area contributed by atoms with Crippen LogP contribution in [0.1, 0.15) is 16.8 Å². The van der Waals surface area contributed by atoms with E-state index in [1.165, 1.54) is 16.8 Å². The number of nitrogens with zero attached hydrogens (tertiary/aromatic N) is 2. The minimum absolute atomic E-state index is 0.129. The van der Waals surface area contributed by atoms with Gasteiger partial charge in [-0.3, -0.25) is 4.57 Å². The lowest BCUT2D eigenvalue weighted by Gasteiger charge is -2.09. The Labute approximate surface area is 132 Å². The summed E-state index contributed by atoms with van der Waals surface area (Å²) < 4.78 is 19.3. The average Bonchev–Trinajstić information content (AvgIpc) is 2.57. The van der Waals surface area contributed by atoms with Gasteiger partial charge in [0.1, 0.15) is 12.4 Å². The van der Waals surface area contributed by atoms with Gasteiger partial charge in [0.15, 0.2) is 0 Å². The maximum atomic E-state index is 12.9. The summed E-state index contributed by atoms with van der Waals surface area (Å²) in [7, 11) is 0. The Morgan fingerprint density at radius 2 is 2.04 bits per heavy atom. The van der Waals surface area contributed by atoms with Crippen molar-refractivity contribution < 1.29 is 13.9 Å². The van der Waals surface area contributed by atoms with Crippen molar-refractivity contribution >= 4 is 11.8 Å². The number of aromatic nitrogens is 2. The topological polar surface area (TPSA) is 87.2 Å². The molecule has 2 N–H and O–H groups in total. The molecule has 2 aromatic rings. The molecular weight excluding hydrogens is 301 g/mol. The van der Waals surface area contributed by atoms with Crippen LogP contribution >= 0.6 is 0 Å². The van der Waals surface area contributed by atoms with Crippen molar-refractivity contribution in [3.63, 3.8) is 0 Å². The SMILES string of the molecule is Nc1ccn(CC/C(=C/F)COC(=O)c2ccccc2)c(=O)n1. The van der Waals surface area contributed by atoms with E-state index in [9.17, 15) is 14.0 Å². The first-order valence-electron chi connectivity index (χ1n) is 6.93. The Balaban J connectivity index is 1.89. The van der Waals surface area contributed by atoms with Crippen LogP contribution in [-0.2, 0) is 11.3 Å². The van der Waals surface area contributed by atoms with E-state index in [4.69, 9.17) is 10.5 Å². The van der Waals surface area contributed by atoms with E-state index >= 15 is 0 Å². The van der Waals surface area contributed by atoms with Gasteiger partial charge < -0.3 is 10.5 Å². The number of hydrogen-bond acceptors (Lipinski definition) is 5. The van der Waals surface area contributed by atoms with Gasteiger partial charge in [0.2, 0.25) is 0 Å². The van der Waals surface area contributed by atoms with Crippen LogP contribution < -0.4 is 11.4 Å². The number of carbonyl (C=O) groups excluding carboxylic acids is 1. The maximum absolute atomic E-state index is 12.9. The number of nitrogens with two attached hydrogens (primary N) is 1. The Bertz CT molecular complexity index is 757. The molecule has 120 valence electrons. The van der Waals surface area contributed by atoms with Crippen molar-refractivity contribution in [2.75, 3.05) is 12.3 Å². The molecule has 0 aliphatic carbocycles. The smallest absolute Gasteiger partial charge is 0.349 e. The molecule has 0 atom stereocenters. The zero-order valence-electron chi connectivity index (χ0n) is 12.3. The highest BCUT2D eigenvalue weighted by molar-refractivity contribution is 5.89. The first-order chi connectivity index (χ1) is 11.1. The van der Waals surface area contributed by atoms with Gasteiger partial charge in [-0.15, -0.1) is 0 Å². The number of anilines is 1. The van der Waals surface area contributed by atoms with Gasteiger partial charge in [-0.2, -0.15) is 4.98 Å². The van der Waals surface area contributed by atoms with Gasteiger partial charge in [-0.25, -0.2) is 14.0 Å². The maximum Gasteiger partial charge on any atom is 0.349 e. The molecule has 0 unspecified atom stereocenters. The first kappa shape index (κ1) is 16.4. The highest BCUT2D eigenvalue weighted by Gasteiger charge is 2.08. The molecule has 7 heteroatoms. The Kier molecular flexibility index (Phi) is 5.62. The standard InChI is InChI=1S/C16H16FN3O3/c17-10-12(6-8-20-9-7-14(18)19-16(20)22)11-23-15(21)13-4-2-1-3-5-13/h1-5,7,9-10H,6,8,11H2,(H2,18,19,22)/b12-10-. The van der Waals surface area contributed by atoms with Crippen LogP contribution in [0, 0.1) is 0 Å². The molecule has 0 aliphatic rings. The fourth-order valence-corrected chi connectivity index (χ4v) is 1.85. The number of aryl methyl sites for hydroxylation is 1. The van der Waals surface area contributed by atoms with Crippen LogP contribution in [0.25, 0.3) is 0 Å². The van der Waals surface area contributed by atoms with Crippen molar-refractivity contribution in [3.05, 3.63) is 70.5 Å². The van der Waals surface area contributed by atoms with E-state index < -0.39 is 11.7 Å². The van der Waals surface area contributed by atoms with Gasteiger partial charge in [0, 0.05) is 12.7 Å². The minimum Gasteiger partial charge on any atom is -0.457 e. The summed E-state index contributed by atoms with van der Waals surface area (Å²) in [6.45, 7) is 0.0339. The quantitative estimate of drug-likeness (QED) is 0.823. The molecule has 0 spiro atoms. The van der Waals surface area contributed by atoms with Crippen LogP contribution in [0.2, 0.25) is 0 Å². The van der Waals surface area contributed by atoms with Gasteiger partial charge in [0.25, 0.3) is 0 Å². The van der Waals surface area contributed by atoms with E-state index in [1.807, 2.05) is 0 Å². The molecular formula is C16H16FN3O3. The minimum atomic E-state index is -0.531. The fourth-order valence-electron chi connectivity index (χ4n) is 1.85. The van der Waals surface area contributed by atoms with E-state index in [1.54, 1.807) is 30.3 Å². The van der Waals surface area contributed by atoms with Crippen molar-refractivity contribution in [2.45, 2.75) is 13.0 Å². The van der Waals surface area contributed by atoms with Crippen LogP contribution in [0.5, 0.6) is 0 Å². The third kappa shape index (κ3) is 4.77. The lowest BCUT2D eigenvalue weighted by atomic mass is 10.2. The summed E-state index contributed by atoms with van der Waals surface area (Å²) in [6.07, 6.45) is 2.08. The van der Waals surface area contributed by atoms with Gasteiger partial charge in [-0.1, -0.05) is 18.2 Å². The number of nitrogen functional groups attached to an aromatic ring is 1. The van der Waals surface area contributed by atoms with Crippen molar-refractivity contribution in [3.8, 4) is 0 Å². The van der Waals surface area contributed by atoms with Crippen molar-refractivity contribution in [1.82, 2.24) is 9.55 Å². The van der Waals surface area contributed by atoms with Crippen LogP contribution in [0.15, 0.2) is 59.3 Å². The number of halogens is 1. The lowest BCUT2D eigenvalue weighted by Crippen LogP contribution is -2.23. The lowest BCUT2D eigenvalue weighted by molar-refractivity contribution is 0.0536. The molecule has 0 radical (unpaired) electrons. The molecule has 0 bridgehead atoms. The number of benzene rings is 1. The molecule has 6 nitrogen and oxygen atoms in total. The number of ether oxygens (including phenoxy) is 1. The summed E-state index contributed by atoms with van der Waals surface area (Å²) in [5.74, 6) is -0.402. The van der Waals surface area contributed by atoms with Crippen molar-refractivity contribution in [1.29, 1.82) is 0 Å². The van der Waals surface area contributed by atoms with E-state index in [-0.39, 0.29) is 31.0 Å². The molecule has 1 aromatic carbocycles. The molecule has 0 fully saturated rings. The van der Waals surface area contributed by atoms with Crippen LogP contribution in [0.4, 0.5) is 10.2 Å². The van der Waals surface area contributed by atoms with Gasteiger partial charge >= 0.3 is 11.7 Å². The first-order valence-corrected chi connectivity index (χ1v) is 6.93.